The van der Waals surface area contributed by atoms with E-state index in [1.165, 1.54) is 5.56 Å². The summed E-state index contributed by atoms with van der Waals surface area (Å²) < 4.78 is 11.0. The Morgan fingerprint density at radius 2 is 2.05 bits per heavy atom. The molecule has 1 saturated heterocycles. The minimum Gasteiger partial charge on any atom is -0.374 e. The lowest BCUT2D eigenvalue weighted by Gasteiger charge is -2.45. The Bertz CT molecular complexity index is 460. The third kappa shape index (κ3) is 2.39. The van der Waals surface area contributed by atoms with Crippen molar-refractivity contribution in [1.29, 1.82) is 0 Å². The SMILES string of the molecule is C[C@@H](c1ccccc1)N1C2=CCOC[C@H]2OCC1O. The molecule has 0 radical (unpaired) electrons. The Balaban J connectivity index is 1.90. The molecule has 0 bridgehead atoms. The first-order valence-electron chi connectivity index (χ1n) is 6.68. The Morgan fingerprint density at radius 3 is 2.84 bits per heavy atom. The molecule has 2 heterocycles. The van der Waals surface area contributed by atoms with Crippen LogP contribution in [-0.4, -0.2) is 42.2 Å². The van der Waals surface area contributed by atoms with Gasteiger partial charge in [0.1, 0.15) is 6.10 Å². The van der Waals surface area contributed by atoms with E-state index >= 15 is 0 Å². The average molecular weight is 261 g/mol. The third-order valence-electron chi connectivity index (χ3n) is 3.77. The minimum absolute atomic E-state index is 0.0525. The molecule has 1 fully saturated rings. The Hall–Kier alpha value is -1.36. The van der Waals surface area contributed by atoms with Gasteiger partial charge in [-0.3, -0.25) is 0 Å². The molecule has 102 valence electrons. The largest absolute Gasteiger partial charge is 0.374 e. The van der Waals surface area contributed by atoms with Gasteiger partial charge in [-0.15, -0.1) is 0 Å². The summed E-state index contributed by atoms with van der Waals surface area (Å²) in [6, 6.07) is 10.3. The molecule has 0 aliphatic carbocycles. The van der Waals surface area contributed by atoms with Crippen molar-refractivity contribution in [2.45, 2.75) is 25.3 Å². The maximum atomic E-state index is 10.3. The zero-order valence-corrected chi connectivity index (χ0v) is 11.0. The van der Waals surface area contributed by atoms with Gasteiger partial charge in [-0.1, -0.05) is 30.3 Å². The number of aliphatic hydroxyl groups is 1. The summed E-state index contributed by atoms with van der Waals surface area (Å²) in [4.78, 5) is 2.05. The molecule has 1 aromatic rings. The van der Waals surface area contributed by atoms with Crippen molar-refractivity contribution in [3.63, 3.8) is 0 Å². The van der Waals surface area contributed by atoms with E-state index < -0.39 is 6.23 Å². The summed E-state index contributed by atoms with van der Waals surface area (Å²) in [5.74, 6) is 0. The molecule has 0 spiro atoms. The number of morpholine rings is 1. The molecule has 0 saturated carbocycles. The van der Waals surface area contributed by atoms with E-state index in [2.05, 4.69) is 19.1 Å². The molecule has 4 nitrogen and oxygen atoms in total. The number of benzene rings is 1. The van der Waals surface area contributed by atoms with Crippen molar-refractivity contribution >= 4 is 0 Å². The third-order valence-corrected chi connectivity index (χ3v) is 3.77. The fraction of sp³-hybridized carbons (Fsp3) is 0.467. The van der Waals surface area contributed by atoms with Crippen LogP contribution in [0.15, 0.2) is 42.1 Å². The molecular formula is C15H19NO3. The maximum Gasteiger partial charge on any atom is 0.150 e. The molecule has 2 aliphatic rings. The molecule has 0 aromatic heterocycles. The van der Waals surface area contributed by atoms with E-state index in [9.17, 15) is 5.11 Å². The van der Waals surface area contributed by atoms with Gasteiger partial charge in [-0.25, -0.2) is 0 Å². The molecule has 19 heavy (non-hydrogen) atoms. The lowest BCUT2D eigenvalue weighted by Crippen LogP contribution is -2.51. The highest BCUT2D eigenvalue weighted by Gasteiger charge is 2.36. The van der Waals surface area contributed by atoms with Gasteiger partial charge in [-0.05, 0) is 18.6 Å². The predicted octanol–water partition coefficient (Wildman–Crippen LogP) is 1.68. The van der Waals surface area contributed by atoms with Crippen LogP contribution in [0.25, 0.3) is 0 Å². The zero-order valence-electron chi connectivity index (χ0n) is 11.0. The van der Waals surface area contributed by atoms with Gasteiger partial charge in [-0.2, -0.15) is 0 Å². The van der Waals surface area contributed by atoms with E-state index in [1.807, 2.05) is 29.2 Å². The maximum absolute atomic E-state index is 10.3. The van der Waals surface area contributed by atoms with Crippen molar-refractivity contribution in [3.05, 3.63) is 47.7 Å². The highest BCUT2D eigenvalue weighted by molar-refractivity contribution is 5.23. The Kier molecular flexibility index (Phi) is 3.55. The molecule has 1 N–H and O–H groups in total. The zero-order chi connectivity index (χ0) is 13.2. The summed E-state index contributed by atoms with van der Waals surface area (Å²) in [6.45, 7) is 3.58. The van der Waals surface area contributed by atoms with E-state index in [4.69, 9.17) is 9.47 Å². The first-order chi connectivity index (χ1) is 9.27. The quantitative estimate of drug-likeness (QED) is 0.879. The fourth-order valence-electron chi connectivity index (χ4n) is 2.77. The second-order valence-corrected chi connectivity index (χ2v) is 4.96. The Labute approximate surface area is 113 Å². The van der Waals surface area contributed by atoms with E-state index in [-0.39, 0.29) is 12.1 Å². The van der Waals surface area contributed by atoms with Gasteiger partial charge in [0, 0.05) is 5.70 Å². The van der Waals surface area contributed by atoms with Gasteiger partial charge in [0.25, 0.3) is 0 Å². The van der Waals surface area contributed by atoms with Gasteiger partial charge < -0.3 is 19.5 Å². The van der Waals surface area contributed by atoms with Crippen molar-refractivity contribution in [2.24, 2.45) is 0 Å². The van der Waals surface area contributed by atoms with E-state index in [1.54, 1.807) is 0 Å². The van der Waals surface area contributed by atoms with Crippen LogP contribution in [0.2, 0.25) is 0 Å². The smallest absolute Gasteiger partial charge is 0.150 e. The van der Waals surface area contributed by atoms with Crippen molar-refractivity contribution in [3.8, 4) is 0 Å². The number of hydrogen-bond acceptors (Lipinski definition) is 4. The second kappa shape index (κ2) is 5.33. The van der Waals surface area contributed by atoms with Crippen LogP contribution in [0.3, 0.4) is 0 Å². The first-order valence-corrected chi connectivity index (χ1v) is 6.68. The molecule has 3 rings (SSSR count). The monoisotopic (exact) mass is 261 g/mol. The number of nitrogens with zero attached hydrogens (tertiary/aromatic N) is 1. The van der Waals surface area contributed by atoms with Crippen LogP contribution in [0.4, 0.5) is 0 Å². The van der Waals surface area contributed by atoms with E-state index in [0.717, 1.165) is 5.70 Å². The standard InChI is InChI=1S/C15H19NO3/c1-11(12-5-3-2-4-6-12)16-13-7-8-18-9-14(13)19-10-15(16)17/h2-7,11,14-15,17H,8-10H2,1H3/t11-,14+,15?/m0/s1. The summed E-state index contributed by atoms with van der Waals surface area (Å²) in [7, 11) is 0. The predicted molar refractivity (Wildman–Crippen MR) is 71.3 cm³/mol. The molecule has 3 atom stereocenters. The fourth-order valence-corrected chi connectivity index (χ4v) is 2.77. The molecule has 1 aromatic carbocycles. The number of fused-ring (bicyclic) bond motifs is 1. The van der Waals surface area contributed by atoms with Crippen molar-refractivity contribution in [1.82, 2.24) is 4.90 Å². The average Bonchev–Trinajstić information content (AvgIpc) is 2.47. The summed E-state index contributed by atoms with van der Waals surface area (Å²) in [6.07, 6.45) is 1.36. The number of rotatable bonds is 2. The lowest BCUT2D eigenvalue weighted by molar-refractivity contribution is -0.143. The molecule has 4 heteroatoms. The van der Waals surface area contributed by atoms with Crippen LogP contribution < -0.4 is 0 Å². The number of ether oxygens (including phenoxy) is 2. The van der Waals surface area contributed by atoms with Crippen LogP contribution in [-0.2, 0) is 9.47 Å². The van der Waals surface area contributed by atoms with Crippen LogP contribution in [0.5, 0.6) is 0 Å². The van der Waals surface area contributed by atoms with Gasteiger partial charge in [0.05, 0.1) is 25.9 Å². The molecule has 2 aliphatic heterocycles. The van der Waals surface area contributed by atoms with Crippen LogP contribution >= 0.6 is 0 Å². The number of hydrogen-bond donors (Lipinski definition) is 1. The topological polar surface area (TPSA) is 41.9 Å². The minimum atomic E-state index is -0.601. The first kappa shape index (κ1) is 12.7. The molecule has 0 amide bonds. The highest BCUT2D eigenvalue weighted by atomic mass is 16.5. The van der Waals surface area contributed by atoms with Gasteiger partial charge in [0.15, 0.2) is 6.23 Å². The van der Waals surface area contributed by atoms with Gasteiger partial charge in [0.2, 0.25) is 0 Å². The summed E-state index contributed by atoms with van der Waals surface area (Å²) in [5, 5.41) is 10.3. The highest BCUT2D eigenvalue weighted by Crippen LogP contribution is 2.33. The molecule has 1 unspecified atom stereocenters. The van der Waals surface area contributed by atoms with Gasteiger partial charge >= 0.3 is 0 Å². The van der Waals surface area contributed by atoms with E-state index in [0.29, 0.717) is 19.8 Å². The van der Waals surface area contributed by atoms with Crippen molar-refractivity contribution in [2.75, 3.05) is 19.8 Å². The lowest BCUT2D eigenvalue weighted by atomic mass is 10.0. The van der Waals surface area contributed by atoms with Crippen LogP contribution in [0, 0.1) is 0 Å². The van der Waals surface area contributed by atoms with Crippen molar-refractivity contribution < 1.29 is 14.6 Å². The van der Waals surface area contributed by atoms with Crippen LogP contribution in [0.1, 0.15) is 18.5 Å². The Morgan fingerprint density at radius 1 is 1.26 bits per heavy atom. The second-order valence-electron chi connectivity index (χ2n) is 4.96. The normalized spacial score (nSPS) is 28.5. The summed E-state index contributed by atoms with van der Waals surface area (Å²) in [5.41, 5.74) is 2.23. The summed E-state index contributed by atoms with van der Waals surface area (Å²) >= 11 is 0. The molecular weight excluding hydrogens is 242 g/mol. The number of aliphatic hydroxyl groups excluding tert-OH is 1.